The Labute approximate surface area is 123 Å². The number of fused-ring (bicyclic) bond motifs is 1. The Bertz CT molecular complexity index is 749. The summed E-state index contributed by atoms with van der Waals surface area (Å²) in [6, 6.07) is 13.8. The van der Waals surface area contributed by atoms with Gasteiger partial charge in [-0.25, -0.2) is 4.98 Å². The summed E-state index contributed by atoms with van der Waals surface area (Å²) in [5.41, 5.74) is 3.71. The first-order chi connectivity index (χ1) is 10.3. The molecule has 0 amide bonds. The van der Waals surface area contributed by atoms with Gasteiger partial charge in [-0.1, -0.05) is 25.1 Å². The first kappa shape index (κ1) is 13.6. The third-order valence-corrected chi connectivity index (χ3v) is 3.37. The predicted octanol–water partition coefficient (Wildman–Crippen LogP) is 3.61. The van der Waals surface area contributed by atoms with Crippen LogP contribution in [0.2, 0.25) is 0 Å². The zero-order chi connectivity index (χ0) is 14.7. The monoisotopic (exact) mass is 282 g/mol. The normalized spacial score (nSPS) is 11.0. The quantitative estimate of drug-likeness (QED) is 0.776. The highest BCUT2D eigenvalue weighted by Gasteiger charge is 2.12. The summed E-state index contributed by atoms with van der Waals surface area (Å²) in [5.74, 6) is 1.35. The molecule has 0 saturated carbocycles. The van der Waals surface area contributed by atoms with Gasteiger partial charge in [0.1, 0.15) is 11.3 Å². The molecule has 0 bridgehead atoms. The van der Waals surface area contributed by atoms with E-state index in [1.165, 1.54) is 5.56 Å². The molecule has 0 atom stereocenters. The van der Waals surface area contributed by atoms with E-state index in [0.29, 0.717) is 5.89 Å². The Balaban J connectivity index is 2.00. The van der Waals surface area contributed by atoms with E-state index in [1.54, 1.807) is 7.11 Å². The fourth-order valence-electron chi connectivity index (χ4n) is 2.28. The van der Waals surface area contributed by atoms with Crippen molar-refractivity contribution in [2.75, 3.05) is 13.7 Å². The number of hydrogen-bond donors (Lipinski definition) is 1. The standard InChI is InChI=1S/C17H18N2O2/c1-3-18-11-12-8-9-14-16(10-12)21-17(19-14)13-6-4-5-7-15(13)20-2/h4-10,18H,3,11H2,1-2H3. The highest BCUT2D eigenvalue weighted by molar-refractivity contribution is 5.78. The molecule has 1 aromatic heterocycles. The average Bonchev–Trinajstić information content (AvgIpc) is 2.95. The summed E-state index contributed by atoms with van der Waals surface area (Å²) in [4.78, 5) is 4.55. The van der Waals surface area contributed by atoms with Crippen molar-refractivity contribution in [2.45, 2.75) is 13.5 Å². The van der Waals surface area contributed by atoms with E-state index in [-0.39, 0.29) is 0 Å². The average molecular weight is 282 g/mol. The van der Waals surface area contributed by atoms with E-state index < -0.39 is 0 Å². The van der Waals surface area contributed by atoms with Gasteiger partial charge in [0.05, 0.1) is 12.7 Å². The summed E-state index contributed by atoms with van der Waals surface area (Å²) in [6.45, 7) is 3.87. The molecule has 21 heavy (non-hydrogen) atoms. The van der Waals surface area contributed by atoms with Gasteiger partial charge in [0, 0.05) is 6.54 Å². The van der Waals surface area contributed by atoms with Crippen LogP contribution in [0.1, 0.15) is 12.5 Å². The molecule has 0 spiro atoms. The van der Waals surface area contributed by atoms with Crippen molar-refractivity contribution in [1.29, 1.82) is 0 Å². The van der Waals surface area contributed by atoms with Crippen LogP contribution in [0.4, 0.5) is 0 Å². The van der Waals surface area contributed by atoms with Gasteiger partial charge < -0.3 is 14.5 Å². The second-order valence-electron chi connectivity index (χ2n) is 4.80. The molecule has 4 nitrogen and oxygen atoms in total. The number of para-hydroxylation sites is 1. The van der Waals surface area contributed by atoms with E-state index in [1.807, 2.05) is 36.4 Å². The third-order valence-electron chi connectivity index (χ3n) is 3.37. The number of aromatic nitrogens is 1. The number of ether oxygens (including phenoxy) is 1. The van der Waals surface area contributed by atoms with Crippen LogP contribution < -0.4 is 10.1 Å². The number of oxazole rings is 1. The van der Waals surface area contributed by atoms with Crippen molar-refractivity contribution < 1.29 is 9.15 Å². The molecule has 4 heteroatoms. The van der Waals surface area contributed by atoms with Crippen LogP contribution in [0.3, 0.4) is 0 Å². The van der Waals surface area contributed by atoms with Crippen molar-refractivity contribution >= 4 is 11.1 Å². The molecule has 0 aliphatic rings. The Morgan fingerprint density at radius 1 is 1.19 bits per heavy atom. The van der Waals surface area contributed by atoms with Crippen molar-refractivity contribution in [2.24, 2.45) is 0 Å². The van der Waals surface area contributed by atoms with Crippen LogP contribution >= 0.6 is 0 Å². The lowest BCUT2D eigenvalue weighted by molar-refractivity contribution is 0.414. The second kappa shape index (κ2) is 5.97. The number of methoxy groups -OCH3 is 1. The number of nitrogens with zero attached hydrogens (tertiary/aromatic N) is 1. The van der Waals surface area contributed by atoms with Gasteiger partial charge in [-0.15, -0.1) is 0 Å². The molecule has 0 fully saturated rings. The molecular formula is C17H18N2O2. The summed E-state index contributed by atoms with van der Waals surface area (Å²) >= 11 is 0. The Hall–Kier alpha value is -2.33. The lowest BCUT2D eigenvalue weighted by Crippen LogP contribution is -2.11. The zero-order valence-electron chi connectivity index (χ0n) is 12.2. The van der Waals surface area contributed by atoms with Gasteiger partial charge in [-0.3, -0.25) is 0 Å². The zero-order valence-corrected chi connectivity index (χ0v) is 12.2. The summed E-state index contributed by atoms with van der Waals surface area (Å²) in [7, 11) is 1.65. The molecule has 1 N–H and O–H groups in total. The largest absolute Gasteiger partial charge is 0.496 e. The summed E-state index contributed by atoms with van der Waals surface area (Å²) < 4.78 is 11.3. The molecule has 0 aliphatic heterocycles. The van der Waals surface area contributed by atoms with Crippen LogP contribution in [0.25, 0.3) is 22.6 Å². The fourth-order valence-corrected chi connectivity index (χ4v) is 2.28. The summed E-state index contributed by atoms with van der Waals surface area (Å²) in [5, 5.41) is 3.30. The lowest BCUT2D eigenvalue weighted by atomic mass is 10.2. The number of benzene rings is 2. The third kappa shape index (κ3) is 2.76. The maximum Gasteiger partial charge on any atom is 0.231 e. The Morgan fingerprint density at radius 2 is 2.05 bits per heavy atom. The summed E-state index contributed by atoms with van der Waals surface area (Å²) in [6.07, 6.45) is 0. The van der Waals surface area contributed by atoms with Gasteiger partial charge in [0.2, 0.25) is 5.89 Å². The van der Waals surface area contributed by atoms with Gasteiger partial charge in [0.25, 0.3) is 0 Å². The van der Waals surface area contributed by atoms with Gasteiger partial charge in [0.15, 0.2) is 5.58 Å². The van der Waals surface area contributed by atoms with Gasteiger partial charge >= 0.3 is 0 Å². The van der Waals surface area contributed by atoms with Crippen LogP contribution in [0.15, 0.2) is 46.9 Å². The van der Waals surface area contributed by atoms with Crippen LogP contribution in [-0.2, 0) is 6.54 Å². The number of nitrogens with one attached hydrogen (secondary N) is 1. The number of hydrogen-bond acceptors (Lipinski definition) is 4. The van der Waals surface area contributed by atoms with E-state index in [0.717, 1.165) is 35.5 Å². The van der Waals surface area contributed by atoms with Crippen LogP contribution in [-0.4, -0.2) is 18.6 Å². The van der Waals surface area contributed by atoms with Crippen molar-refractivity contribution in [3.63, 3.8) is 0 Å². The molecule has 3 rings (SSSR count). The molecule has 0 saturated heterocycles. The molecular weight excluding hydrogens is 264 g/mol. The fraction of sp³-hybridized carbons (Fsp3) is 0.235. The van der Waals surface area contributed by atoms with Gasteiger partial charge in [-0.2, -0.15) is 0 Å². The Morgan fingerprint density at radius 3 is 2.86 bits per heavy atom. The lowest BCUT2D eigenvalue weighted by Gasteiger charge is -2.03. The Kier molecular flexibility index (Phi) is 3.88. The predicted molar refractivity (Wildman–Crippen MR) is 83.4 cm³/mol. The topological polar surface area (TPSA) is 47.3 Å². The van der Waals surface area contributed by atoms with Crippen molar-refractivity contribution in [3.8, 4) is 17.2 Å². The molecule has 1 heterocycles. The minimum Gasteiger partial charge on any atom is -0.496 e. The highest BCUT2D eigenvalue weighted by Crippen LogP contribution is 2.31. The first-order valence-corrected chi connectivity index (χ1v) is 7.05. The van der Waals surface area contributed by atoms with Gasteiger partial charge in [-0.05, 0) is 36.4 Å². The molecule has 108 valence electrons. The van der Waals surface area contributed by atoms with Crippen LogP contribution in [0.5, 0.6) is 5.75 Å². The smallest absolute Gasteiger partial charge is 0.231 e. The second-order valence-corrected chi connectivity index (χ2v) is 4.80. The molecule has 0 aliphatic carbocycles. The van der Waals surface area contributed by atoms with E-state index >= 15 is 0 Å². The molecule has 0 radical (unpaired) electrons. The molecule has 2 aromatic carbocycles. The minimum absolute atomic E-state index is 0.586. The van der Waals surface area contributed by atoms with E-state index in [2.05, 4.69) is 23.3 Å². The molecule has 3 aromatic rings. The van der Waals surface area contributed by atoms with E-state index in [4.69, 9.17) is 9.15 Å². The highest BCUT2D eigenvalue weighted by atomic mass is 16.5. The maximum atomic E-state index is 5.90. The van der Waals surface area contributed by atoms with E-state index in [9.17, 15) is 0 Å². The maximum absolute atomic E-state index is 5.90. The number of rotatable bonds is 5. The van der Waals surface area contributed by atoms with Crippen LogP contribution in [0, 0.1) is 0 Å². The molecule has 0 unspecified atom stereocenters. The minimum atomic E-state index is 0.586. The van der Waals surface area contributed by atoms with Crippen molar-refractivity contribution in [1.82, 2.24) is 10.3 Å². The SMILES string of the molecule is CCNCc1ccc2nc(-c3ccccc3OC)oc2c1. The first-order valence-electron chi connectivity index (χ1n) is 7.05. The van der Waals surface area contributed by atoms with Crippen molar-refractivity contribution in [3.05, 3.63) is 48.0 Å².